The number of rotatable bonds is 12. The molecule has 0 N–H and O–H groups in total. The number of allylic oxidation sites excluding steroid dienone is 1. The second kappa shape index (κ2) is 12.0. The predicted octanol–water partition coefficient (Wildman–Crippen LogP) is 6.45. The van der Waals surface area contributed by atoms with E-state index in [0.29, 0.717) is 0 Å². The van der Waals surface area contributed by atoms with Crippen LogP contribution in [0.4, 0.5) is 0 Å². The van der Waals surface area contributed by atoms with Gasteiger partial charge in [-0.25, -0.2) is 0 Å². The lowest BCUT2D eigenvalue weighted by atomic mass is 10.1. The van der Waals surface area contributed by atoms with Crippen molar-refractivity contribution in [1.29, 1.82) is 0 Å². The van der Waals surface area contributed by atoms with Gasteiger partial charge in [0, 0.05) is 6.21 Å². The van der Waals surface area contributed by atoms with Crippen LogP contribution in [-0.4, -0.2) is 6.21 Å². The Morgan fingerprint density at radius 1 is 1.18 bits per heavy atom. The van der Waals surface area contributed by atoms with Crippen LogP contribution in [0.2, 0.25) is 0 Å². The summed E-state index contributed by atoms with van der Waals surface area (Å²) in [6.45, 7) is 8.39. The molecule has 0 saturated carbocycles. The molecular weight excluding hydrogens is 270 g/mol. The maximum atomic E-state index is 5.69. The molecule has 0 aliphatic rings. The summed E-state index contributed by atoms with van der Waals surface area (Å²) in [7, 11) is 0. The van der Waals surface area contributed by atoms with Gasteiger partial charge in [-0.3, -0.25) is 0 Å². The Balaban J connectivity index is 2.21. The molecule has 122 valence electrons. The first kappa shape index (κ1) is 18.5. The summed E-state index contributed by atoms with van der Waals surface area (Å²) in [5.41, 5.74) is 2.57. The van der Waals surface area contributed by atoms with Gasteiger partial charge in [0.05, 0.1) is 0 Å². The summed E-state index contributed by atoms with van der Waals surface area (Å²) in [5.74, 6) is 0. The van der Waals surface area contributed by atoms with Gasteiger partial charge in [-0.05, 0) is 44.1 Å². The van der Waals surface area contributed by atoms with Crippen LogP contribution in [-0.2, 0) is 4.84 Å². The topological polar surface area (TPSA) is 21.6 Å². The van der Waals surface area contributed by atoms with E-state index in [1.807, 2.05) is 12.3 Å². The fourth-order valence-corrected chi connectivity index (χ4v) is 2.34. The highest BCUT2D eigenvalue weighted by atomic mass is 16.6. The zero-order valence-electron chi connectivity index (χ0n) is 14.3. The Kier molecular flexibility index (Phi) is 10.1. The normalized spacial score (nSPS) is 12.5. The van der Waals surface area contributed by atoms with Crippen molar-refractivity contribution in [2.24, 2.45) is 5.16 Å². The minimum Gasteiger partial charge on any atom is -0.388 e. The number of unbranched alkanes of at least 4 members (excludes halogenated alkanes) is 3. The van der Waals surface area contributed by atoms with Crippen molar-refractivity contribution in [3.63, 3.8) is 0 Å². The molecule has 0 fully saturated rings. The van der Waals surface area contributed by atoms with Crippen molar-refractivity contribution >= 4 is 6.21 Å². The number of benzene rings is 1. The van der Waals surface area contributed by atoms with E-state index < -0.39 is 0 Å². The van der Waals surface area contributed by atoms with Gasteiger partial charge in [0.15, 0.2) is 6.10 Å². The lowest BCUT2D eigenvalue weighted by Gasteiger charge is -2.14. The molecule has 2 nitrogen and oxygen atoms in total. The molecule has 1 atom stereocenters. The average Bonchev–Trinajstić information content (AvgIpc) is 2.56. The Labute approximate surface area is 136 Å². The molecule has 1 aromatic rings. The summed E-state index contributed by atoms with van der Waals surface area (Å²) >= 11 is 0. The van der Waals surface area contributed by atoms with Crippen LogP contribution in [0.1, 0.15) is 76.9 Å². The van der Waals surface area contributed by atoms with E-state index in [4.69, 9.17) is 4.84 Å². The van der Waals surface area contributed by atoms with E-state index in [2.05, 4.69) is 49.8 Å². The third-order valence-electron chi connectivity index (χ3n) is 3.85. The Morgan fingerprint density at radius 3 is 2.64 bits per heavy atom. The lowest BCUT2D eigenvalue weighted by Crippen LogP contribution is -2.00. The fourth-order valence-electron chi connectivity index (χ4n) is 2.34. The standard InChI is InChI=1S/C20H31NO/c1-4-13-20(19-15-10-8-11-16-19)22-21-17-12-7-6-9-14-18(3)5-2/h8,10-11,15-17,20H,3-7,9,12-14H2,1-2H3/b21-17-/t20-/m1/s1. The van der Waals surface area contributed by atoms with E-state index in [9.17, 15) is 0 Å². The van der Waals surface area contributed by atoms with Crippen LogP contribution in [0.25, 0.3) is 0 Å². The molecule has 0 bridgehead atoms. The smallest absolute Gasteiger partial charge is 0.152 e. The fraction of sp³-hybridized carbons (Fsp3) is 0.550. The number of hydrogen-bond donors (Lipinski definition) is 0. The summed E-state index contributed by atoms with van der Waals surface area (Å²) in [5, 5.41) is 4.17. The van der Waals surface area contributed by atoms with Crippen molar-refractivity contribution in [3.8, 4) is 0 Å². The van der Waals surface area contributed by atoms with E-state index in [1.54, 1.807) is 0 Å². The van der Waals surface area contributed by atoms with E-state index in [1.165, 1.54) is 30.4 Å². The van der Waals surface area contributed by atoms with Crippen LogP contribution < -0.4 is 0 Å². The monoisotopic (exact) mass is 301 g/mol. The summed E-state index contributed by atoms with van der Waals surface area (Å²) in [6.07, 6.45) is 11.0. The second-order valence-electron chi connectivity index (χ2n) is 5.78. The van der Waals surface area contributed by atoms with Crippen molar-refractivity contribution in [2.75, 3.05) is 0 Å². The largest absolute Gasteiger partial charge is 0.388 e. The van der Waals surface area contributed by atoms with Crippen molar-refractivity contribution in [2.45, 2.75) is 71.3 Å². The third-order valence-corrected chi connectivity index (χ3v) is 3.85. The summed E-state index contributed by atoms with van der Waals surface area (Å²) < 4.78 is 0. The van der Waals surface area contributed by atoms with Gasteiger partial charge in [-0.1, -0.05) is 74.3 Å². The van der Waals surface area contributed by atoms with Crippen LogP contribution in [0, 0.1) is 0 Å². The molecule has 2 heteroatoms. The molecule has 0 amide bonds. The minimum atomic E-state index is 0.0790. The minimum absolute atomic E-state index is 0.0790. The molecule has 22 heavy (non-hydrogen) atoms. The highest BCUT2D eigenvalue weighted by Gasteiger charge is 2.10. The van der Waals surface area contributed by atoms with Crippen molar-refractivity contribution in [1.82, 2.24) is 0 Å². The van der Waals surface area contributed by atoms with E-state index in [-0.39, 0.29) is 6.10 Å². The lowest BCUT2D eigenvalue weighted by molar-refractivity contribution is 0.0523. The Morgan fingerprint density at radius 2 is 1.95 bits per heavy atom. The van der Waals surface area contributed by atoms with Gasteiger partial charge < -0.3 is 4.84 Å². The molecule has 0 aliphatic heterocycles. The van der Waals surface area contributed by atoms with Crippen LogP contribution in [0.3, 0.4) is 0 Å². The number of oxime groups is 1. The highest BCUT2D eigenvalue weighted by Crippen LogP contribution is 2.22. The Bertz CT molecular complexity index is 425. The number of nitrogens with zero attached hydrogens (tertiary/aromatic N) is 1. The quantitative estimate of drug-likeness (QED) is 0.188. The van der Waals surface area contributed by atoms with Gasteiger partial charge in [-0.2, -0.15) is 0 Å². The maximum Gasteiger partial charge on any atom is 0.152 e. The summed E-state index contributed by atoms with van der Waals surface area (Å²) in [4.78, 5) is 5.69. The first-order valence-electron chi connectivity index (χ1n) is 8.67. The highest BCUT2D eigenvalue weighted by molar-refractivity contribution is 5.56. The molecule has 0 unspecified atom stereocenters. The van der Waals surface area contributed by atoms with Gasteiger partial charge in [0.1, 0.15) is 0 Å². The molecule has 0 aromatic heterocycles. The first-order chi connectivity index (χ1) is 10.8. The molecule has 1 rings (SSSR count). The molecule has 0 heterocycles. The number of hydrogen-bond acceptors (Lipinski definition) is 2. The van der Waals surface area contributed by atoms with Gasteiger partial charge in [-0.15, -0.1) is 0 Å². The average molecular weight is 301 g/mol. The molecule has 1 aromatic carbocycles. The van der Waals surface area contributed by atoms with Crippen LogP contribution in [0.15, 0.2) is 47.6 Å². The third kappa shape index (κ3) is 8.02. The van der Waals surface area contributed by atoms with Gasteiger partial charge in [0.25, 0.3) is 0 Å². The predicted molar refractivity (Wildman–Crippen MR) is 96.2 cm³/mol. The maximum absolute atomic E-state index is 5.69. The summed E-state index contributed by atoms with van der Waals surface area (Å²) in [6, 6.07) is 10.3. The molecule has 0 spiro atoms. The van der Waals surface area contributed by atoms with Crippen molar-refractivity contribution in [3.05, 3.63) is 48.0 Å². The molecule has 0 radical (unpaired) electrons. The van der Waals surface area contributed by atoms with Crippen LogP contribution >= 0.6 is 0 Å². The molecule has 0 aliphatic carbocycles. The molecular formula is C20H31NO. The second-order valence-corrected chi connectivity index (χ2v) is 5.78. The first-order valence-corrected chi connectivity index (χ1v) is 8.67. The zero-order valence-corrected chi connectivity index (χ0v) is 14.3. The van der Waals surface area contributed by atoms with Crippen molar-refractivity contribution < 1.29 is 4.84 Å². The van der Waals surface area contributed by atoms with E-state index >= 15 is 0 Å². The van der Waals surface area contributed by atoms with E-state index in [0.717, 1.165) is 32.1 Å². The van der Waals surface area contributed by atoms with Gasteiger partial charge in [0.2, 0.25) is 0 Å². The zero-order chi connectivity index (χ0) is 16.0. The van der Waals surface area contributed by atoms with Crippen LogP contribution in [0.5, 0.6) is 0 Å². The Hall–Kier alpha value is -1.57. The van der Waals surface area contributed by atoms with Gasteiger partial charge >= 0.3 is 0 Å². The SMILES string of the molecule is C=C(CC)CCCCC/C=N\O[C@H](CCC)c1ccccc1. The molecule has 0 saturated heterocycles.